The molecule has 0 aliphatic heterocycles. The molecule has 1 aromatic carbocycles. The Labute approximate surface area is 147 Å². The maximum absolute atomic E-state index is 10.7. The maximum atomic E-state index is 10.7. The molecule has 0 radical (unpaired) electrons. The summed E-state index contributed by atoms with van der Waals surface area (Å²) in [6.07, 6.45) is 2.62. The zero-order valence-corrected chi connectivity index (χ0v) is 14.5. The Hall–Kier alpha value is -2.88. The van der Waals surface area contributed by atoms with Crippen LogP contribution in [-0.4, -0.2) is 36.6 Å². The molecule has 10 heteroatoms. The van der Waals surface area contributed by atoms with Gasteiger partial charge in [0.2, 0.25) is 0 Å². The highest BCUT2D eigenvalue weighted by atomic mass is 32.2. The number of hydrogen-bond donors (Lipinski definition) is 0. The first-order chi connectivity index (χ1) is 12.1. The molecule has 3 aromatic rings. The Morgan fingerprint density at radius 2 is 2.04 bits per heavy atom. The Balaban J connectivity index is 1.77. The minimum atomic E-state index is -0.468. The van der Waals surface area contributed by atoms with Crippen molar-refractivity contribution in [1.82, 2.24) is 24.5 Å². The van der Waals surface area contributed by atoms with E-state index < -0.39 is 4.92 Å². The first-order valence-corrected chi connectivity index (χ1v) is 8.48. The molecule has 0 unspecified atom stereocenters. The van der Waals surface area contributed by atoms with Gasteiger partial charge in [0.1, 0.15) is 18.1 Å². The minimum absolute atomic E-state index is 0.0310. The van der Waals surface area contributed by atoms with E-state index in [0.29, 0.717) is 12.4 Å². The lowest BCUT2D eigenvalue weighted by atomic mass is 10.2. The number of rotatable bonds is 7. The fourth-order valence-electron chi connectivity index (χ4n) is 2.28. The molecule has 0 spiro atoms. The summed E-state index contributed by atoms with van der Waals surface area (Å²) in [7, 11) is 1.62. The van der Waals surface area contributed by atoms with E-state index in [1.165, 1.54) is 28.8 Å². The summed E-state index contributed by atoms with van der Waals surface area (Å²) in [5.74, 6) is 1.95. The van der Waals surface area contributed by atoms with Gasteiger partial charge in [-0.3, -0.25) is 14.8 Å². The molecule has 0 bridgehead atoms. The van der Waals surface area contributed by atoms with E-state index in [1.807, 2.05) is 35.8 Å². The van der Waals surface area contributed by atoms with Crippen molar-refractivity contribution in [2.75, 3.05) is 7.11 Å². The monoisotopic (exact) mass is 360 g/mol. The SMILES string of the molecule is CCn1c(SCn2cc([N+](=O)[O-])cn2)nnc1-c1ccc(OC)cc1. The molecule has 3 rings (SSSR count). The molecule has 0 atom stereocenters. The van der Waals surface area contributed by atoms with E-state index in [1.54, 1.807) is 7.11 Å². The van der Waals surface area contributed by atoms with Gasteiger partial charge in [0, 0.05) is 12.1 Å². The van der Waals surface area contributed by atoms with Gasteiger partial charge in [0.05, 0.1) is 17.9 Å². The summed E-state index contributed by atoms with van der Waals surface area (Å²) in [4.78, 5) is 10.2. The number of thioether (sulfide) groups is 1. The van der Waals surface area contributed by atoms with Gasteiger partial charge >= 0.3 is 5.69 Å². The Morgan fingerprint density at radius 3 is 2.64 bits per heavy atom. The minimum Gasteiger partial charge on any atom is -0.497 e. The van der Waals surface area contributed by atoms with E-state index in [4.69, 9.17) is 4.74 Å². The van der Waals surface area contributed by atoms with Crippen molar-refractivity contribution < 1.29 is 9.66 Å². The van der Waals surface area contributed by atoms with Crippen LogP contribution >= 0.6 is 11.8 Å². The quantitative estimate of drug-likeness (QED) is 0.363. The van der Waals surface area contributed by atoms with Crippen molar-refractivity contribution in [3.8, 4) is 17.1 Å². The average Bonchev–Trinajstić information content (AvgIpc) is 3.26. The molecule has 25 heavy (non-hydrogen) atoms. The van der Waals surface area contributed by atoms with Crippen LogP contribution in [0.25, 0.3) is 11.4 Å². The smallest absolute Gasteiger partial charge is 0.307 e. The van der Waals surface area contributed by atoms with E-state index in [-0.39, 0.29) is 5.69 Å². The van der Waals surface area contributed by atoms with Crippen LogP contribution in [0.3, 0.4) is 0 Å². The van der Waals surface area contributed by atoms with Crippen LogP contribution < -0.4 is 4.74 Å². The van der Waals surface area contributed by atoms with Crippen LogP contribution in [0.5, 0.6) is 5.75 Å². The summed E-state index contributed by atoms with van der Waals surface area (Å²) in [6, 6.07) is 7.61. The van der Waals surface area contributed by atoms with Crippen molar-refractivity contribution in [2.24, 2.45) is 0 Å². The number of nitro groups is 1. The zero-order chi connectivity index (χ0) is 17.8. The Morgan fingerprint density at radius 1 is 1.28 bits per heavy atom. The summed E-state index contributed by atoms with van der Waals surface area (Å²) >= 11 is 1.42. The molecule has 0 N–H and O–H groups in total. The van der Waals surface area contributed by atoms with Gasteiger partial charge in [-0.1, -0.05) is 11.8 Å². The predicted molar refractivity (Wildman–Crippen MR) is 92.4 cm³/mol. The molecule has 0 saturated heterocycles. The van der Waals surface area contributed by atoms with Crippen molar-refractivity contribution in [3.05, 3.63) is 46.8 Å². The molecular weight excluding hydrogens is 344 g/mol. The third-order valence-electron chi connectivity index (χ3n) is 3.54. The summed E-state index contributed by atoms with van der Waals surface area (Å²) in [6.45, 7) is 2.72. The zero-order valence-electron chi connectivity index (χ0n) is 13.7. The molecule has 2 aromatic heterocycles. The molecule has 0 aliphatic rings. The summed E-state index contributed by atoms with van der Waals surface area (Å²) in [5, 5.41) is 23.9. The van der Waals surface area contributed by atoms with Gasteiger partial charge in [-0.15, -0.1) is 10.2 Å². The largest absolute Gasteiger partial charge is 0.497 e. The van der Waals surface area contributed by atoms with E-state index in [9.17, 15) is 10.1 Å². The third kappa shape index (κ3) is 3.63. The van der Waals surface area contributed by atoms with Gasteiger partial charge in [0.15, 0.2) is 11.0 Å². The highest BCUT2D eigenvalue weighted by Gasteiger charge is 2.14. The summed E-state index contributed by atoms with van der Waals surface area (Å²) < 4.78 is 8.66. The van der Waals surface area contributed by atoms with E-state index >= 15 is 0 Å². The Kier molecular flexibility index (Phi) is 4.98. The molecule has 130 valence electrons. The molecule has 2 heterocycles. The van der Waals surface area contributed by atoms with Crippen molar-refractivity contribution >= 4 is 17.4 Å². The number of methoxy groups -OCH3 is 1. The predicted octanol–water partition coefficient (Wildman–Crippen LogP) is 2.83. The first kappa shape index (κ1) is 17.0. The normalized spacial score (nSPS) is 10.8. The average molecular weight is 360 g/mol. The van der Waals surface area contributed by atoms with Crippen LogP contribution in [0.15, 0.2) is 41.8 Å². The number of benzene rings is 1. The molecular formula is C15H16N6O3S. The maximum Gasteiger partial charge on any atom is 0.307 e. The van der Waals surface area contributed by atoms with Crippen molar-refractivity contribution in [1.29, 1.82) is 0 Å². The van der Waals surface area contributed by atoms with Crippen LogP contribution in [0.1, 0.15) is 6.92 Å². The first-order valence-electron chi connectivity index (χ1n) is 7.49. The standard InChI is InChI=1S/C15H16N6O3S/c1-3-20-14(11-4-6-13(24-2)7-5-11)17-18-15(20)25-10-19-9-12(8-16-19)21(22)23/h4-9H,3,10H2,1-2H3. The number of nitrogens with zero attached hydrogens (tertiary/aromatic N) is 6. The van der Waals surface area contributed by atoms with Crippen LogP contribution in [-0.2, 0) is 12.4 Å². The number of ether oxygens (including phenoxy) is 1. The molecule has 0 aliphatic carbocycles. The van der Waals surface area contributed by atoms with Crippen LogP contribution in [0, 0.1) is 10.1 Å². The third-order valence-corrected chi connectivity index (χ3v) is 4.49. The fourth-order valence-corrected chi connectivity index (χ4v) is 3.13. The number of hydrogen-bond acceptors (Lipinski definition) is 7. The molecule has 9 nitrogen and oxygen atoms in total. The summed E-state index contributed by atoms with van der Waals surface area (Å²) in [5.41, 5.74) is 0.910. The van der Waals surface area contributed by atoms with Crippen LogP contribution in [0.4, 0.5) is 5.69 Å². The highest BCUT2D eigenvalue weighted by molar-refractivity contribution is 7.98. The van der Waals surface area contributed by atoms with Gasteiger partial charge in [-0.2, -0.15) is 5.10 Å². The van der Waals surface area contributed by atoms with Crippen LogP contribution in [0.2, 0.25) is 0 Å². The molecule has 0 amide bonds. The number of aromatic nitrogens is 5. The lowest BCUT2D eigenvalue weighted by molar-refractivity contribution is -0.385. The second kappa shape index (κ2) is 7.34. The highest BCUT2D eigenvalue weighted by Crippen LogP contribution is 2.26. The molecule has 0 saturated carbocycles. The second-order valence-corrected chi connectivity index (χ2v) is 5.96. The fraction of sp³-hybridized carbons (Fsp3) is 0.267. The topological polar surface area (TPSA) is 101 Å². The Bertz CT molecular complexity index is 874. The van der Waals surface area contributed by atoms with Crippen molar-refractivity contribution in [3.63, 3.8) is 0 Å². The lowest BCUT2D eigenvalue weighted by Crippen LogP contribution is -2.01. The lowest BCUT2D eigenvalue weighted by Gasteiger charge is -2.08. The van der Waals surface area contributed by atoms with Gasteiger partial charge in [0.25, 0.3) is 0 Å². The van der Waals surface area contributed by atoms with Gasteiger partial charge in [-0.05, 0) is 31.2 Å². The van der Waals surface area contributed by atoms with Gasteiger partial charge in [-0.25, -0.2) is 0 Å². The van der Waals surface area contributed by atoms with E-state index in [0.717, 1.165) is 22.3 Å². The van der Waals surface area contributed by atoms with Gasteiger partial charge < -0.3 is 9.30 Å². The van der Waals surface area contributed by atoms with E-state index in [2.05, 4.69) is 15.3 Å². The van der Waals surface area contributed by atoms with Crippen molar-refractivity contribution in [2.45, 2.75) is 24.5 Å². The molecule has 0 fully saturated rings. The second-order valence-electron chi connectivity index (χ2n) is 5.05.